The molecule has 0 fully saturated rings. The topological polar surface area (TPSA) is 116 Å². The van der Waals surface area contributed by atoms with Gasteiger partial charge in [0.2, 0.25) is 0 Å². The Morgan fingerprint density at radius 3 is 2.70 bits per heavy atom. The molecule has 8 heteroatoms. The molecule has 0 spiro atoms. The third-order valence-corrected chi connectivity index (χ3v) is 4.31. The molecule has 0 saturated heterocycles. The molecule has 4 N–H and O–H groups in total. The number of aromatic nitrogens is 2. The van der Waals surface area contributed by atoms with Crippen LogP contribution in [-0.2, 0) is 6.54 Å². The van der Waals surface area contributed by atoms with Crippen molar-refractivity contribution in [2.45, 2.75) is 6.54 Å². The highest BCUT2D eigenvalue weighted by atomic mass is 16.5. The summed E-state index contributed by atoms with van der Waals surface area (Å²) < 4.78 is 5.00. The molecule has 8 nitrogen and oxygen atoms in total. The van der Waals surface area contributed by atoms with E-state index in [-0.39, 0.29) is 23.7 Å². The van der Waals surface area contributed by atoms with Gasteiger partial charge in [-0.05, 0) is 35.9 Å². The number of nitrogens with zero attached hydrogens (tertiary/aromatic N) is 1. The predicted molar refractivity (Wildman–Crippen MR) is 103 cm³/mol. The summed E-state index contributed by atoms with van der Waals surface area (Å²) in [5.41, 5.74) is 2.32. The standard InChI is InChI=1S/C19H16N4O4/c1-27-15-5-2-10(6-14(15)24)8-20-16-17(19(26)18(16)25)23-11-3-4-12-13(7-11)22-9-21-12/h2-7,9,20,23-24H,8H2,1H3,(H,21,22). The Morgan fingerprint density at radius 2 is 1.93 bits per heavy atom. The second-order valence-electron chi connectivity index (χ2n) is 6.03. The van der Waals surface area contributed by atoms with E-state index >= 15 is 0 Å². The number of H-pyrrole nitrogens is 1. The van der Waals surface area contributed by atoms with E-state index in [1.807, 2.05) is 6.07 Å². The normalized spacial score (nSPS) is 11.0. The van der Waals surface area contributed by atoms with Gasteiger partial charge in [0, 0.05) is 12.2 Å². The second-order valence-corrected chi connectivity index (χ2v) is 6.03. The van der Waals surface area contributed by atoms with Crippen molar-refractivity contribution in [3.05, 3.63) is 68.7 Å². The molecule has 0 amide bonds. The van der Waals surface area contributed by atoms with Crippen molar-refractivity contribution in [1.29, 1.82) is 0 Å². The number of hydrogen-bond acceptors (Lipinski definition) is 7. The second kappa shape index (κ2) is 6.49. The summed E-state index contributed by atoms with van der Waals surface area (Å²) in [5.74, 6) is 0.372. The van der Waals surface area contributed by atoms with Gasteiger partial charge in [-0.25, -0.2) is 4.98 Å². The van der Waals surface area contributed by atoms with Gasteiger partial charge in [0.05, 0.1) is 24.5 Å². The molecule has 4 aromatic rings. The van der Waals surface area contributed by atoms with Crippen LogP contribution in [0.5, 0.6) is 11.5 Å². The molecule has 3 aromatic carbocycles. The molecule has 0 bridgehead atoms. The van der Waals surface area contributed by atoms with Crippen molar-refractivity contribution in [2.24, 2.45) is 0 Å². The maximum atomic E-state index is 12.0. The smallest absolute Gasteiger partial charge is 0.253 e. The molecule has 0 aliphatic rings. The van der Waals surface area contributed by atoms with Crippen molar-refractivity contribution < 1.29 is 9.84 Å². The largest absolute Gasteiger partial charge is 0.504 e. The van der Waals surface area contributed by atoms with Crippen LogP contribution in [0.1, 0.15) is 5.56 Å². The van der Waals surface area contributed by atoms with Crippen molar-refractivity contribution in [2.75, 3.05) is 17.7 Å². The fraction of sp³-hybridized carbons (Fsp3) is 0.105. The Balaban J connectivity index is 1.53. The third kappa shape index (κ3) is 2.97. The summed E-state index contributed by atoms with van der Waals surface area (Å²) in [6.45, 7) is 0.273. The number of ether oxygens (including phenoxy) is 1. The lowest BCUT2D eigenvalue weighted by molar-refractivity contribution is 0.373. The quantitative estimate of drug-likeness (QED) is 0.388. The number of hydrogen-bond donors (Lipinski definition) is 4. The van der Waals surface area contributed by atoms with E-state index in [0.717, 1.165) is 16.6 Å². The minimum Gasteiger partial charge on any atom is -0.504 e. The van der Waals surface area contributed by atoms with Gasteiger partial charge in [0.15, 0.2) is 11.5 Å². The van der Waals surface area contributed by atoms with Crippen molar-refractivity contribution in [3.63, 3.8) is 0 Å². The highest BCUT2D eigenvalue weighted by Gasteiger charge is 2.21. The van der Waals surface area contributed by atoms with Crippen LogP contribution in [0.2, 0.25) is 0 Å². The van der Waals surface area contributed by atoms with Gasteiger partial charge in [-0.2, -0.15) is 0 Å². The minimum atomic E-state index is -0.573. The maximum absolute atomic E-state index is 12.0. The lowest BCUT2D eigenvalue weighted by Gasteiger charge is -2.15. The molecule has 0 radical (unpaired) electrons. The number of fused-ring (bicyclic) bond motifs is 1. The van der Waals surface area contributed by atoms with Gasteiger partial charge < -0.3 is 25.5 Å². The number of benzene rings is 2. The zero-order chi connectivity index (χ0) is 19.0. The SMILES string of the molecule is COc1ccc(CNc2c(Nc3ccc4[nH]cnc4c3)c(=O)c2=O)cc1O. The first kappa shape index (κ1) is 16.6. The Bertz CT molecular complexity index is 1200. The lowest BCUT2D eigenvalue weighted by atomic mass is 10.1. The maximum Gasteiger partial charge on any atom is 0.253 e. The highest BCUT2D eigenvalue weighted by Crippen LogP contribution is 2.27. The van der Waals surface area contributed by atoms with Crippen LogP contribution in [0, 0.1) is 0 Å². The number of rotatable bonds is 6. The monoisotopic (exact) mass is 364 g/mol. The fourth-order valence-corrected chi connectivity index (χ4v) is 2.87. The van der Waals surface area contributed by atoms with Crippen molar-refractivity contribution in [3.8, 4) is 11.5 Å². The van der Waals surface area contributed by atoms with Gasteiger partial charge in [-0.3, -0.25) is 9.59 Å². The fourth-order valence-electron chi connectivity index (χ4n) is 2.87. The number of anilines is 3. The number of nitrogens with one attached hydrogen (secondary N) is 3. The first-order valence-electron chi connectivity index (χ1n) is 8.20. The number of aromatic hydroxyl groups is 1. The zero-order valence-electron chi connectivity index (χ0n) is 14.4. The Kier molecular flexibility index (Phi) is 4.00. The molecule has 0 atom stereocenters. The predicted octanol–water partition coefficient (Wildman–Crippen LogP) is 2.23. The van der Waals surface area contributed by atoms with Crippen molar-refractivity contribution >= 4 is 28.1 Å². The summed E-state index contributed by atoms with van der Waals surface area (Å²) in [4.78, 5) is 31.0. The van der Waals surface area contributed by atoms with Crippen molar-refractivity contribution in [1.82, 2.24) is 9.97 Å². The van der Waals surface area contributed by atoms with E-state index in [1.165, 1.54) is 13.2 Å². The van der Waals surface area contributed by atoms with Crippen LogP contribution in [0.25, 0.3) is 11.0 Å². The van der Waals surface area contributed by atoms with Gasteiger partial charge in [-0.1, -0.05) is 6.07 Å². The summed E-state index contributed by atoms with van der Waals surface area (Å²) >= 11 is 0. The average molecular weight is 364 g/mol. The van der Waals surface area contributed by atoms with E-state index in [4.69, 9.17) is 4.74 Å². The van der Waals surface area contributed by atoms with Gasteiger partial charge in [0.25, 0.3) is 10.9 Å². The Morgan fingerprint density at radius 1 is 1.11 bits per heavy atom. The molecule has 0 saturated carbocycles. The van der Waals surface area contributed by atoms with Crippen LogP contribution < -0.4 is 26.2 Å². The van der Waals surface area contributed by atoms with Gasteiger partial charge >= 0.3 is 0 Å². The van der Waals surface area contributed by atoms with E-state index in [0.29, 0.717) is 11.4 Å². The van der Waals surface area contributed by atoms with Gasteiger partial charge in [-0.15, -0.1) is 0 Å². The molecule has 0 aliphatic heterocycles. The average Bonchev–Trinajstić information content (AvgIpc) is 3.15. The summed E-state index contributed by atoms with van der Waals surface area (Å²) in [6.07, 6.45) is 1.59. The number of phenolic OH excluding ortho intramolecular Hbond substituents is 1. The number of phenols is 1. The first-order valence-corrected chi connectivity index (χ1v) is 8.20. The molecular formula is C19H16N4O4. The van der Waals surface area contributed by atoms with E-state index in [1.54, 1.807) is 30.6 Å². The van der Waals surface area contributed by atoms with Gasteiger partial charge in [0.1, 0.15) is 11.4 Å². The van der Waals surface area contributed by atoms with Crippen LogP contribution in [0.3, 0.4) is 0 Å². The Hall–Kier alpha value is -3.81. The summed E-state index contributed by atoms with van der Waals surface area (Å²) in [6, 6.07) is 10.3. The zero-order valence-corrected chi connectivity index (χ0v) is 14.4. The first-order chi connectivity index (χ1) is 13.1. The van der Waals surface area contributed by atoms with Crippen LogP contribution in [-0.4, -0.2) is 22.2 Å². The molecule has 1 aromatic heterocycles. The van der Waals surface area contributed by atoms with E-state index < -0.39 is 10.9 Å². The van der Waals surface area contributed by atoms with Crippen LogP contribution in [0.15, 0.2) is 52.3 Å². The molecule has 0 unspecified atom stereocenters. The number of methoxy groups -OCH3 is 1. The lowest BCUT2D eigenvalue weighted by Crippen LogP contribution is -2.36. The number of aromatic amines is 1. The van der Waals surface area contributed by atoms with Crippen LogP contribution >= 0.6 is 0 Å². The summed E-state index contributed by atoms with van der Waals surface area (Å²) in [7, 11) is 1.47. The van der Waals surface area contributed by atoms with Crippen LogP contribution in [0.4, 0.5) is 17.1 Å². The molecule has 4 rings (SSSR count). The molecule has 0 aliphatic carbocycles. The highest BCUT2D eigenvalue weighted by molar-refractivity contribution is 5.84. The third-order valence-electron chi connectivity index (χ3n) is 4.31. The molecule has 1 heterocycles. The Labute approximate surface area is 153 Å². The van der Waals surface area contributed by atoms with E-state index in [2.05, 4.69) is 20.6 Å². The summed E-state index contributed by atoms with van der Waals surface area (Å²) in [5, 5.41) is 15.8. The molecule has 136 valence electrons. The molecular weight excluding hydrogens is 348 g/mol. The number of imidazole rings is 1. The molecule has 27 heavy (non-hydrogen) atoms. The minimum absolute atomic E-state index is 0.00689. The van der Waals surface area contributed by atoms with E-state index in [9.17, 15) is 14.7 Å².